The number of aromatic nitrogens is 2. The van der Waals surface area contributed by atoms with Gasteiger partial charge in [0, 0.05) is 22.0 Å². The van der Waals surface area contributed by atoms with Crippen molar-refractivity contribution in [3.05, 3.63) is 70.0 Å². The average Bonchev–Trinajstić information content (AvgIpc) is 3.42. The van der Waals surface area contributed by atoms with Crippen LogP contribution < -0.4 is 10.3 Å². The van der Waals surface area contributed by atoms with Gasteiger partial charge in [-0.05, 0) is 39.3 Å². The summed E-state index contributed by atoms with van der Waals surface area (Å²) in [6.07, 6.45) is 8.61. The van der Waals surface area contributed by atoms with Gasteiger partial charge >= 0.3 is 5.97 Å². The van der Waals surface area contributed by atoms with Crippen LogP contribution in [-0.2, 0) is 16.1 Å². The number of carbonyl (C=O) groups excluding carboxylic acids is 1. The molecule has 0 aliphatic rings. The maximum Gasteiger partial charge on any atom is 0.326 e. The molecular formula is C26H26N2O5S. The Morgan fingerprint density at radius 3 is 2.62 bits per heavy atom. The summed E-state index contributed by atoms with van der Waals surface area (Å²) in [4.78, 5) is 31.0. The zero-order chi connectivity index (χ0) is 24.5. The van der Waals surface area contributed by atoms with E-state index in [4.69, 9.17) is 13.9 Å². The summed E-state index contributed by atoms with van der Waals surface area (Å²) in [6.45, 7) is 7.06. The third-order valence-electron chi connectivity index (χ3n) is 5.11. The Morgan fingerprint density at radius 1 is 1.21 bits per heavy atom. The minimum Gasteiger partial charge on any atom is -0.496 e. The first-order chi connectivity index (χ1) is 16.2. The van der Waals surface area contributed by atoms with Crippen LogP contribution in [0.3, 0.4) is 0 Å². The molecule has 1 aromatic carbocycles. The van der Waals surface area contributed by atoms with Gasteiger partial charge in [-0.3, -0.25) is 9.59 Å². The van der Waals surface area contributed by atoms with Crippen LogP contribution in [0, 0.1) is 6.92 Å². The molecule has 0 radical (unpaired) electrons. The molecule has 0 bridgehead atoms. The van der Waals surface area contributed by atoms with Crippen molar-refractivity contribution >= 4 is 39.5 Å². The molecule has 8 heteroatoms. The van der Waals surface area contributed by atoms with Crippen molar-refractivity contribution < 1.29 is 18.7 Å². The Hall–Kier alpha value is -3.65. The Kier molecular flexibility index (Phi) is 6.43. The average molecular weight is 479 g/mol. The molecule has 0 atom stereocenters. The highest BCUT2D eigenvalue weighted by Crippen LogP contribution is 2.38. The van der Waals surface area contributed by atoms with Gasteiger partial charge in [-0.25, -0.2) is 4.98 Å². The van der Waals surface area contributed by atoms with Crippen LogP contribution in [0.5, 0.6) is 5.75 Å². The second kappa shape index (κ2) is 9.30. The SMILES string of the molecule is COc1ccccc1C=Cc1cn(CC(=O)OC(C)(C)C)c(=O)c2c(C)c(-c3ncco3)sc12. The van der Waals surface area contributed by atoms with E-state index in [1.54, 1.807) is 40.3 Å². The quantitative estimate of drug-likeness (QED) is 0.338. The number of hydrogen-bond donors (Lipinski definition) is 0. The monoisotopic (exact) mass is 478 g/mol. The summed E-state index contributed by atoms with van der Waals surface area (Å²) in [5, 5.41) is 0.531. The highest BCUT2D eigenvalue weighted by Gasteiger charge is 2.22. The van der Waals surface area contributed by atoms with E-state index in [-0.39, 0.29) is 12.1 Å². The number of aryl methyl sites for hydroxylation is 1. The van der Waals surface area contributed by atoms with Crippen molar-refractivity contribution in [1.82, 2.24) is 9.55 Å². The molecule has 0 aliphatic heterocycles. The lowest BCUT2D eigenvalue weighted by Gasteiger charge is -2.20. The summed E-state index contributed by atoms with van der Waals surface area (Å²) in [5.74, 6) is 0.714. The first-order valence-corrected chi connectivity index (χ1v) is 11.6. The summed E-state index contributed by atoms with van der Waals surface area (Å²) in [7, 11) is 1.62. The molecule has 0 aliphatic carbocycles. The van der Waals surface area contributed by atoms with E-state index in [2.05, 4.69) is 4.98 Å². The number of oxazole rings is 1. The number of ether oxygens (including phenoxy) is 2. The lowest BCUT2D eigenvalue weighted by Crippen LogP contribution is -2.30. The van der Waals surface area contributed by atoms with Gasteiger partial charge in [0.05, 0.1) is 23.6 Å². The van der Waals surface area contributed by atoms with Crippen molar-refractivity contribution in [2.75, 3.05) is 7.11 Å². The van der Waals surface area contributed by atoms with Crippen LogP contribution in [0.25, 0.3) is 33.0 Å². The van der Waals surface area contributed by atoms with Gasteiger partial charge in [-0.1, -0.05) is 30.4 Å². The van der Waals surface area contributed by atoms with Gasteiger partial charge in [0.15, 0.2) is 0 Å². The summed E-state index contributed by atoms with van der Waals surface area (Å²) in [5.41, 5.74) is 1.53. The Bertz CT molecular complexity index is 1420. The van der Waals surface area contributed by atoms with Crippen molar-refractivity contribution in [1.29, 1.82) is 0 Å². The van der Waals surface area contributed by atoms with E-state index in [1.807, 2.05) is 43.3 Å². The second-order valence-corrected chi connectivity index (χ2v) is 9.80. The normalized spacial score (nSPS) is 11.9. The van der Waals surface area contributed by atoms with Crippen LogP contribution in [0.4, 0.5) is 0 Å². The third-order valence-corrected chi connectivity index (χ3v) is 6.43. The molecule has 176 valence electrons. The molecule has 3 heterocycles. The van der Waals surface area contributed by atoms with Crippen LogP contribution in [0.2, 0.25) is 0 Å². The topological polar surface area (TPSA) is 83.6 Å². The number of hydrogen-bond acceptors (Lipinski definition) is 7. The fourth-order valence-corrected chi connectivity index (χ4v) is 4.90. The summed E-state index contributed by atoms with van der Waals surface area (Å²) in [6, 6.07) is 7.66. The van der Waals surface area contributed by atoms with Crippen molar-refractivity contribution in [3.63, 3.8) is 0 Å². The highest BCUT2D eigenvalue weighted by molar-refractivity contribution is 7.22. The highest BCUT2D eigenvalue weighted by atomic mass is 32.1. The van der Waals surface area contributed by atoms with E-state index in [9.17, 15) is 9.59 Å². The van der Waals surface area contributed by atoms with Gasteiger partial charge in [-0.2, -0.15) is 0 Å². The molecule has 0 amide bonds. The van der Waals surface area contributed by atoms with Crippen LogP contribution >= 0.6 is 11.3 Å². The number of para-hydroxylation sites is 1. The number of benzene rings is 1. The summed E-state index contributed by atoms with van der Waals surface area (Å²) < 4.78 is 18.6. The first kappa shape index (κ1) is 23.5. The van der Waals surface area contributed by atoms with Gasteiger partial charge in [-0.15, -0.1) is 11.3 Å². The number of methoxy groups -OCH3 is 1. The largest absolute Gasteiger partial charge is 0.496 e. The van der Waals surface area contributed by atoms with E-state index in [1.165, 1.54) is 22.2 Å². The molecule has 0 saturated carbocycles. The van der Waals surface area contributed by atoms with E-state index >= 15 is 0 Å². The number of rotatable bonds is 6. The lowest BCUT2D eigenvalue weighted by atomic mass is 10.1. The van der Waals surface area contributed by atoms with Crippen molar-refractivity contribution in [2.45, 2.75) is 39.8 Å². The van der Waals surface area contributed by atoms with Crippen LogP contribution in [0.1, 0.15) is 37.5 Å². The Balaban J connectivity index is 1.87. The Labute approximate surface area is 201 Å². The van der Waals surface area contributed by atoms with Gasteiger partial charge < -0.3 is 18.5 Å². The third kappa shape index (κ3) is 4.82. The number of fused-ring (bicyclic) bond motifs is 1. The molecule has 0 saturated heterocycles. The molecule has 0 unspecified atom stereocenters. The second-order valence-electron chi connectivity index (χ2n) is 8.78. The minimum atomic E-state index is -0.645. The standard InChI is InChI=1S/C26H26N2O5S/c1-16-21-23(34-22(16)24-27-12-13-32-24)18(11-10-17-8-6-7-9-19(17)31-5)14-28(25(21)30)15-20(29)33-26(2,3)4/h6-14H,15H2,1-5H3. The Morgan fingerprint density at radius 2 is 1.94 bits per heavy atom. The van der Waals surface area contributed by atoms with Gasteiger partial charge in [0.1, 0.15) is 24.2 Å². The number of nitrogens with zero attached hydrogens (tertiary/aromatic N) is 2. The maximum atomic E-state index is 13.4. The molecule has 4 rings (SSSR count). The van der Waals surface area contributed by atoms with Crippen LogP contribution in [-0.4, -0.2) is 28.2 Å². The first-order valence-electron chi connectivity index (χ1n) is 10.8. The molecule has 7 nitrogen and oxygen atoms in total. The lowest BCUT2D eigenvalue weighted by molar-refractivity contribution is -0.155. The fourth-order valence-electron chi connectivity index (χ4n) is 3.68. The zero-order valence-corrected chi connectivity index (χ0v) is 20.6. The zero-order valence-electron chi connectivity index (χ0n) is 19.7. The number of carbonyl (C=O) groups is 1. The van der Waals surface area contributed by atoms with Crippen molar-refractivity contribution in [2.24, 2.45) is 0 Å². The molecule has 3 aromatic heterocycles. The molecule has 0 fully saturated rings. The summed E-state index contributed by atoms with van der Waals surface area (Å²) >= 11 is 1.44. The predicted molar refractivity (Wildman–Crippen MR) is 134 cm³/mol. The van der Waals surface area contributed by atoms with Gasteiger partial charge in [0.2, 0.25) is 5.89 Å². The number of thiophene rings is 1. The molecule has 0 spiro atoms. The molecule has 4 aromatic rings. The van der Waals surface area contributed by atoms with Gasteiger partial charge in [0.25, 0.3) is 5.56 Å². The molecular weight excluding hydrogens is 452 g/mol. The van der Waals surface area contributed by atoms with E-state index < -0.39 is 11.6 Å². The maximum absolute atomic E-state index is 13.4. The number of esters is 1. The van der Waals surface area contributed by atoms with Crippen LogP contribution in [0.15, 0.2) is 52.1 Å². The molecule has 0 N–H and O–H groups in total. The number of pyridine rings is 1. The molecule has 34 heavy (non-hydrogen) atoms. The fraction of sp³-hybridized carbons (Fsp3) is 0.269. The minimum absolute atomic E-state index is 0.189. The smallest absolute Gasteiger partial charge is 0.326 e. The predicted octanol–water partition coefficient (Wildman–Crippen LogP) is 5.55. The van der Waals surface area contributed by atoms with E-state index in [0.29, 0.717) is 11.3 Å². The van der Waals surface area contributed by atoms with E-state index in [0.717, 1.165) is 32.0 Å². The van der Waals surface area contributed by atoms with Crippen molar-refractivity contribution in [3.8, 4) is 16.5 Å².